The summed E-state index contributed by atoms with van der Waals surface area (Å²) in [5.74, 6) is -1.10. The lowest BCUT2D eigenvalue weighted by Gasteiger charge is -2.25. The van der Waals surface area contributed by atoms with Crippen molar-refractivity contribution in [1.82, 2.24) is 10.6 Å². The molecule has 4 unspecified atom stereocenters. The van der Waals surface area contributed by atoms with Gasteiger partial charge in [-0.1, -0.05) is 68.8 Å². The molecule has 0 heterocycles. The predicted octanol–water partition coefficient (Wildman–Crippen LogP) is 4.70. The number of alkyl carbamates (subject to hydrolysis) is 1. The van der Waals surface area contributed by atoms with Crippen LogP contribution >= 0.6 is 0 Å². The molecule has 1 saturated carbocycles. The molecule has 0 aliphatic heterocycles. The molecule has 2 aliphatic rings. The van der Waals surface area contributed by atoms with Crippen LogP contribution in [0.2, 0.25) is 0 Å². The number of hydrogen-bond donors (Lipinski definition) is 3. The van der Waals surface area contributed by atoms with Gasteiger partial charge in [0.25, 0.3) is 0 Å². The van der Waals surface area contributed by atoms with E-state index in [-0.39, 0.29) is 42.7 Å². The molecule has 4 rings (SSSR count). The van der Waals surface area contributed by atoms with Gasteiger partial charge in [-0.25, -0.2) is 4.79 Å². The van der Waals surface area contributed by atoms with Gasteiger partial charge >= 0.3 is 12.1 Å². The van der Waals surface area contributed by atoms with Gasteiger partial charge < -0.3 is 20.5 Å². The molecule has 2 aliphatic carbocycles. The first-order valence-electron chi connectivity index (χ1n) is 12.5. The standard InChI is InChI=1S/C28H34N2O5/c1-3-17(2)26(27(33)29-19-13-12-18(14-19)15-25(31)32)30-28(34)35-16-24-22-10-6-4-8-20(22)21-9-5-7-11-23(21)24/h4-11,17-19,24,26H,3,12-16H2,1-2H3,(H,29,33)(H,30,34)(H,31,32). The average Bonchev–Trinajstić information content (AvgIpc) is 3.41. The van der Waals surface area contributed by atoms with E-state index in [0.717, 1.165) is 35.1 Å². The van der Waals surface area contributed by atoms with Crippen molar-refractivity contribution in [1.29, 1.82) is 0 Å². The maximum Gasteiger partial charge on any atom is 0.407 e. The smallest absolute Gasteiger partial charge is 0.407 e. The summed E-state index contributed by atoms with van der Waals surface area (Å²) in [7, 11) is 0. The summed E-state index contributed by atoms with van der Waals surface area (Å²) in [6.07, 6.45) is 2.42. The summed E-state index contributed by atoms with van der Waals surface area (Å²) in [6, 6.07) is 15.5. The zero-order valence-electron chi connectivity index (χ0n) is 20.3. The first-order chi connectivity index (χ1) is 16.9. The number of carboxylic acids is 1. The molecule has 35 heavy (non-hydrogen) atoms. The van der Waals surface area contributed by atoms with Gasteiger partial charge in [0, 0.05) is 18.4 Å². The SMILES string of the molecule is CCC(C)C(NC(=O)OCC1c2ccccc2-c2ccccc21)C(=O)NC1CCC(CC(=O)O)C1. The summed E-state index contributed by atoms with van der Waals surface area (Å²) < 4.78 is 5.65. The highest BCUT2D eigenvalue weighted by molar-refractivity contribution is 5.86. The van der Waals surface area contributed by atoms with Gasteiger partial charge in [0.1, 0.15) is 12.6 Å². The van der Waals surface area contributed by atoms with E-state index in [1.807, 2.05) is 38.1 Å². The number of carboxylic acid groups (broad SMARTS) is 1. The van der Waals surface area contributed by atoms with Gasteiger partial charge in [0.05, 0.1) is 0 Å². The number of nitrogens with one attached hydrogen (secondary N) is 2. The van der Waals surface area contributed by atoms with Crippen LogP contribution in [0.15, 0.2) is 48.5 Å². The fourth-order valence-corrected chi connectivity index (χ4v) is 5.40. The van der Waals surface area contributed by atoms with Crippen molar-refractivity contribution < 1.29 is 24.2 Å². The molecule has 0 spiro atoms. The lowest BCUT2D eigenvalue weighted by molar-refractivity contribution is -0.138. The van der Waals surface area contributed by atoms with E-state index in [0.29, 0.717) is 12.8 Å². The molecule has 7 nitrogen and oxygen atoms in total. The van der Waals surface area contributed by atoms with E-state index in [2.05, 4.69) is 34.9 Å². The van der Waals surface area contributed by atoms with Crippen LogP contribution < -0.4 is 10.6 Å². The van der Waals surface area contributed by atoms with Gasteiger partial charge in [-0.2, -0.15) is 0 Å². The summed E-state index contributed by atoms with van der Waals surface area (Å²) >= 11 is 0. The molecule has 2 amide bonds. The molecule has 2 aromatic carbocycles. The van der Waals surface area contributed by atoms with Crippen LogP contribution in [-0.2, 0) is 14.3 Å². The van der Waals surface area contributed by atoms with Crippen LogP contribution in [0.4, 0.5) is 4.79 Å². The number of aliphatic carboxylic acids is 1. The third-order valence-corrected chi connectivity index (χ3v) is 7.46. The van der Waals surface area contributed by atoms with Crippen LogP contribution in [0.25, 0.3) is 11.1 Å². The Morgan fingerprint density at radius 2 is 1.66 bits per heavy atom. The van der Waals surface area contributed by atoms with Crippen molar-refractivity contribution in [3.63, 3.8) is 0 Å². The van der Waals surface area contributed by atoms with E-state index < -0.39 is 18.1 Å². The van der Waals surface area contributed by atoms with Gasteiger partial charge in [-0.05, 0) is 53.4 Å². The molecular weight excluding hydrogens is 444 g/mol. The largest absolute Gasteiger partial charge is 0.481 e. The number of ether oxygens (including phenoxy) is 1. The molecule has 186 valence electrons. The number of benzene rings is 2. The van der Waals surface area contributed by atoms with Gasteiger partial charge in [-0.15, -0.1) is 0 Å². The summed E-state index contributed by atoms with van der Waals surface area (Å²) in [5, 5.41) is 14.8. The monoisotopic (exact) mass is 478 g/mol. The van der Waals surface area contributed by atoms with Crippen LogP contribution in [-0.4, -0.2) is 41.8 Å². The maximum atomic E-state index is 13.1. The Kier molecular flexibility index (Phi) is 7.73. The van der Waals surface area contributed by atoms with E-state index >= 15 is 0 Å². The fraction of sp³-hybridized carbons (Fsp3) is 0.464. The molecule has 1 fully saturated rings. The first kappa shape index (κ1) is 24.8. The molecule has 4 atom stereocenters. The Balaban J connectivity index is 1.36. The van der Waals surface area contributed by atoms with Crippen LogP contribution in [0.1, 0.15) is 63.0 Å². The second-order valence-corrected chi connectivity index (χ2v) is 9.82. The molecule has 2 aromatic rings. The molecule has 0 radical (unpaired) electrons. The third kappa shape index (κ3) is 5.66. The molecule has 0 aromatic heterocycles. The van der Waals surface area contributed by atoms with Crippen molar-refractivity contribution in [3.8, 4) is 11.1 Å². The number of carbonyl (C=O) groups is 3. The lowest BCUT2D eigenvalue weighted by atomic mass is 9.97. The van der Waals surface area contributed by atoms with Crippen molar-refractivity contribution in [2.75, 3.05) is 6.61 Å². The van der Waals surface area contributed by atoms with Gasteiger partial charge in [-0.3, -0.25) is 9.59 Å². The second-order valence-electron chi connectivity index (χ2n) is 9.82. The predicted molar refractivity (Wildman–Crippen MR) is 133 cm³/mol. The maximum absolute atomic E-state index is 13.1. The van der Waals surface area contributed by atoms with Crippen molar-refractivity contribution in [2.45, 2.75) is 64.0 Å². The highest BCUT2D eigenvalue weighted by Gasteiger charge is 2.33. The molecule has 7 heteroatoms. The first-order valence-corrected chi connectivity index (χ1v) is 12.5. The van der Waals surface area contributed by atoms with Crippen LogP contribution in [0, 0.1) is 11.8 Å². The minimum Gasteiger partial charge on any atom is -0.481 e. The highest BCUT2D eigenvalue weighted by atomic mass is 16.5. The highest BCUT2D eigenvalue weighted by Crippen LogP contribution is 2.44. The zero-order chi connectivity index (χ0) is 24.9. The number of carbonyl (C=O) groups excluding carboxylic acids is 2. The minimum atomic E-state index is -0.809. The minimum absolute atomic E-state index is 0.0475. The third-order valence-electron chi connectivity index (χ3n) is 7.46. The number of fused-ring (bicyclic) bond motifs is 3. The molecule has 3 N–H and O–H groups in total. The Hall–Kier alpha value is -3.35. The van der Waals surface area contributed by atoms with Crippen molar-refractivity contribution in [3.05, 3.63) is 59.7 Å². The Morgan fingerprint density at radius 3 is 2.26 bits per heavy atom. The molecular formula is C28H34N2O5. The number of rotatable bonds is 9. The Bertz CT molecular complexity index is 1040. The van der Waals surface area contributed by atoms with Crippen LogP contribution in [0.3, 0.4) is 0 Å². The Labute approximate surface area is 206 Å². The van der Waals surface area contributed by atoms with E-state index in [1.54, 1.807) is 0 Å². The van der Waals surface area contributed by atoms with Crippen molar-refractivity contribution in [2.24, 2.45) is 11.8 Å². The van der Waals surface area contributed by atoms with E-state index in [9.17, 15) is 14.4 Å². The Morgan fingerprint density at radius 1 is 1.03 bits per heavy atom. The van der Waals surface area contributed by atoms with Crippen LogP contribution in [0.5, 0.6) is 0 Å². The molecule has 0 saturated heterocycles. The number of hydrogen-bond acceptors (Lipinski definition) is 4. The van der Waals surface area contributed by atoms with E-state index in [1.165, 1.54) is 0 Å². The summed E-state index contributed by atoms with van der Waals surface area (Å²) in [6.45, 7) is 4.09. The average molecular weight is 479 g/mol. The van der Waals surface area contributed by atoms with E-state index in [4.69, 9.17) is 9.84 Å². The summed E-state index contributed by atoms with van der Waals surface area (Å²) in [5.41, 5.74) is 4.59. The number of amides is 2. The van der Waals surface area contributed by atoms with Gasteiger partial charge in [0.2, 0.25) is 5.91 Å². The lowest BCUT2D eigenvalue weighted by Crippen LogP contribution is -2.52. The molecule has 0 bridgehead atoms. The second kappa shape index (κ2) is 10.9. The summed E-state index contributed by atoms with van der Waals surface area (Å²) in [4.78, 5) is 36.8. The van der Waals surface area contributed by atoms with Gasteiger partial charge in [0.15, 0.2) is 0 Å². The van der Waals surface area contributed by atoms with Crippen molar-refractivity contribution >= 4 is 18.0 Å². The zero-order valence-corrected chi connectivity index (χ0v) is 20.3. The fourth-order valence-electron chi connectivity index (χ4n) is 5.40. The topological polar surface area (TPSA) is 105 Å². The normalized spacial score (nSPS) is 20.4. The quantitative estimate of drug-likeness (QED) is 0.485.